The second-order valence-corrected chi connectivity index (χ2v) is 10.1. The second kappa shape index (κ2) is 9.16. The van der Waals surface area contributed by atoms with E-state index in [4.69, 9.17) is 4.74 Å². The van der Waals surface area contributed by atoms with Crippen molar-refractivity contribution in [3.05, 3.63) is 68.7 Å². The summed E-state index contributed by atoms with van der Waals surface area (Å²) < 4.78 is 9.06. The summed E-state index contributed by atoms with van der Waals surface area (Å²) in [5, 5.41) is 0.796. The number of benzene rings is 2. The zero-order valence-corrected chi connectivity index (χ0v) is 20.9. The molecule has 0 atom stereocenters. The molecule has 2 heterocycles. The number of fused-ring (bicyclic) bond motifs is 1. The number of hydrogen-bond acceptors (Lipinski definition) is 4. The van der Waals surface area contributed by atoms with E-state index in [1.54, 1.807) is 0 Å². The molecule has 0 N–H and O–H groups in total. The van der Waals surface area contributed by atoms with Gasteiger partial charge in [-0.1, -0.05) is 22.0 Å². The molecule has 4 rings (SSSR count). The fourth-order valence-electron chi connectivity index (χ4n) is 3.73. The number of aryl methyl sites for hydroxylation is 2. The molecule has 3 aromatic rings. The number of halogens is 1. The summed E-state index contributed by atoms with van der Waals surface area (Å²) in [5.41, 5.74) is 4.40. The Balaban J connectivity index is 1.60. The minimum absolute atomic E-state index is 0.161. The van der Waals surface area contributed by atoms with Crippen LogP contribution >= 0.6 is 27.7 Å². The van der Waals surface area contributed by atoms with Gasteiger partial charge in [0.15, 0.2) is 0 Å². The monoisotopic (exact) mass is 512 g/mol. The average Bonchev–Trinajstić information content (AvgIpc) is 3.21. The fraction of sp³-hybridized carbons (Fsp3) is 0.280. The summed E-state index contributed by atoms with van der Waals surface area (Å²) in [5.74, 6) is 0.624. The molecule has 0 aliphatic carbocycles. The molecule has 0 radical (unpaired) electrons. The van der Waals surface area contributed by atoms with Gasteiger partial charge in [0, 0.05) is 33.2 Å². The number of nitrogens with zero attached hydrogens (tertiary/aromatic N) is 2. The second-order valence-electron chi connectivity index (χ2n) is 8.18. The van der Waals surface area contributed by atoms with Crippen molar-refractivity contribution in [3.63, 3.8) is 0 Å². The van der Waals surface area contributed by atoms with E-state index in [9.17, 15) is 9.59 Å². The normalized spacial score (nSPS) is 15.6. The van der Waals surface area contributed by atoms with Gasteiger partial charge in [-0.25, -0.2) is 0 Å². The molecule has 7 heteroatoms. The van der Waals surface area contributed by atoms with Gasteiger partial charge in [0.25, 0.3) is 11.1 Å². The number of hydrogen-bond donors (Lipinski definition) is 0. The number of imide groups is 1. The van der Waals surface area contributed by atoms with Crippen molar-refractivity contribution in [2.24, 2.45) is 0 Å². The molecule has 0 saturated carbocycles. The lowest BCUT2D eigenvalue weighted by Crippen LogP contribution is -2.34. The third-order valence-corrected chi connectivity index (χ3v) is 6.96. The number of carbonyl (C=O) groups excluding carboxylic acids is 2. The van der Waals surface area contributed by atoms with Crippen molar-refractivity contribution in [3.8, 4) is 5.75 Å². The van der Waals surface area contributed by atoms with Gasteiger partial charge in [-0.2, -0.15) is 0 Å². The van der Waals surface area contributed by atoms with Crippen LogP contribution in [0.25, 0.3) is 17.0 Å². The Labute approximate surface area is 200 Å². The zero-order valence-electron chi connectivity index (χ0n) is 18.5. The zero-order chi connectivity index (χ0) is 23.0. The van der Waals surface area contributed by atoms with E-state index in [1.165, 1.54) is 16.0 Å². The summed E-state index contributed by atoms with van der Waals surface area (Å²) in [6, 6.07) is 12.0. The van der Waals surface area contributed by atoms with Gasteiger partial charge >= 0.3 is 0 Å². The van der Waals surface area contributed by atoms with Crippen LogP contribution in [0.15, 0.2) is 52.0 Å². The van der Waals surface area contributed by atoms with Crippen LogP contribution in [0, 0.1) is 13.8 Å². The first-order chi connectivity index (χ1) is 15.2. The molecule has 1 aromatic heterocycles. The van der Waals surface area contributed by atoms with Gasteiger partial charge in [-0.15, -0.1) is 0 Å². The lowest BCUT2D eigenvalue weighted by atomic mass is 10.1. The van der Waals surface area contributed by atoms with Gasteiger partial charge in [0.1, 0.15) is 12.4 Å². The Bertz CT molecular complexity index is 1250. The molecule has 0 spiro atoms. The van der Waals surface area contributed by atoms with E-state index < -0.39 is 0 Å². The van der Waals surface area contributed by atoms with Crippen LogP contribution in [0.4, 0.5) is 4.79 Å². The van der Waals surface area contributed by atoms with Crippen LogP contribution in [-0.4, -0.2) is 33.3 Å². The Morgan fingerprint density at radius 3 is 2.56 bits per heavy atom. The van der Waals surface area contributed by atoms with Crippen LogP contribution in [-0.2, 0) is 11.3 Å². The van der Waals surface area contributed by atoms with E-state index in [0.717, 1.165) is 38.5 Å². The summed E-state index contributed by atoms with van der Waals surface area (Å²) in [6.07, 6.45) is 3.84. The van der Waals surface area contributed by atoms with E-state index in [-0.39, 0.29) is 17.2 Å². The molecule has 1 saturated heterocycles. The summed E-state index contributed by atoms with van der Waals surface area (Å²) >= 11 is 4.54. The third kappa shape index (κ3) is 4.50. The highest BCUT2D eigenvalue weighted by molar-refractivity contribution is 9.10. The Morgan fingerprint density at radius 1 is 1.09 bits per heavy atom. The summed E-state index contributed by atoms with van der Waals surface area (Å²) in [7, 11) is 0. The van der Waals surface area contributed by atoms with E-state index >= 15 is 0 Å². The van der Waals surface area contributed by atoms with E-state index in [2.05, 4.69) is 46.5 Å². The predicted octanol–water partition coefficient (Wildman–Crippen LogP) is 6.54. The number of ether oxygens (including phenoxy) is 1. The van der Waals surface area contributed by atoms with Gasteiger partial charge in [-0.05, 0) is 87.0 Å². The first-order valence-electron chi connectivity index (χ1n) is 10.5. The highest BCUT2D eigenvalue weighted by Crippen LogP contribution is 2.35. The maximum absolute atomic E-state index is 12.7. The van der Waals surface area contributed by atoms with Gasteiger partial charge in [-0.3, -0.25) is 14.5 Å². The molecular weight excluding hydrogens is 488 g/mol. The Hall–Kier alpha value is -2.51. The van der Waals surface area contributed by atoms with Crippen LogP contribution in [0.1, 0.15) is 30.5 Å². The molecule has 2 aromatic carbocycles. The number of carbonyl (C=O) groups is 2. The highest BCUT2D eigenvalue weighted by Gasteiger charge is 2.36. The van der Waals surface area contributed by atoms with Gasteiger partial charge < -0.3 is 9.30 Å². The smallest absolute Gasteiger partial charge is 0.293 e. The van der Waals surface area contributed by atoms with E-state index in [1.807, 2.05) is 50.4 Å². The average molecular weight is 513 g/mol. The Kier molecular flexibility index (Phi) is 6.49. The fourth-order valence-corrected chi connectivity index (χ4v) is 5.04. The van der Waals surface area contributed by atoms with Gasteiger partial charge in [0.05, 0.1) is 11.4 Å². The number of aromatic nitrogens is 1. The standard InChI is InChI=1S/C25H25BrN2O3S/c1-15(2)28-24(29)23(32-25(28)30)12-18-14-27(22-8-6-19(26)13-21(18)22)9-10-31-20-7-5-16(3)17(4)11-20/h5-8,11-15H,9-10H2,1-4H3/b23-12-. The Morgan fingerprint density at radius 2 is 1.88 bits per heavy atom. The van der Waals surface area contributed by atoms with Gasteiger partial charge in [0.2, 0.25) is 0 Å². The van der Waals surface area contributed by atoms with Crippen molar-refractivity contribution < 1.29 is 14.3 Å². The summed E-state index contributed by atoms with van der Waals surface area (Å²) in [6.45, 7) is 9.03. The number of rotatable bonds is 6. The van der Waals surface area contributed by atoms with Crippen molar-refractivity contribution in [1.82, 2.24) is 9.47 Å². The summed E-state index contributed by atoms with van der Waals surface area (Å²) in [4.78, 5) is 26.8. The highest BCUT2D eigenvalue weighted by atomic mass is 79.9. The quantitative estimate of drug-likeness (QED) is 0.351. The molecule has 1 aliphatic rings. The first kappa shape index (κ1) is 22.7. The molecule has 2 amide bonds. The molecule has 1 aliphatic heterocycles. The molecular formula is C25H25BrN2O3S. The maximum Gasteiger partial charge on any atom is 0.293 e. The maximum atomic E-state index is 12.7. The molecule has 166 valence electrons. The molecule has 1 fully saturated rings. The van der Waals surface area contributed by atoms with Crippen LogP contribution in [0.5, 0.6) is 5.75 Å². The van der Waals surface area contributed by atoms with Crippen LogP contribution in [0.3, 0.4) is 0 Å². The molecule has 5 nitrogen and oxygen atoms in total. The lowest BCUT2D eigenvalue weighted by Gasteiger charge is -2.16. The minimum atomic E-state index is -0.232. The van der Waals surface area contributed by atoms with Crippen LogP contribution < -0.4 is 4.74 Å². The first-order valence-corrected chi connectivity index (χ1v) is 12.1. The topological polar surface area (TPSA) is 51.5 Å². The largest absolute Gasteiger partial charge is 0.492 e. The van der Waals surface area contributed by atoms with Crippen molar-refractivity contribution in [1.29, 1.82) is 0 Å². The van der Waals surface area contributed by atoms with Crippen LogP contribution in [0.2, 0.25) is 0 Å². The molecule has 0 unspecified atom stereocenters. The number of amides is 2. The lowest BCUT2D eigenvalue weighted by molar-refractivity contribution is -0.123. The van der Waals surface area contributed by atoms with Crippen molar-refractivity contribution >= 4 is 55.8 Å². The third-order valence-electron chi connectivity index (χ3n) is 5.58. The van der Waals surface area contributed by atoms with E-state index in [0.29, 0.717) is 18.1 Å². The van der Waals surface area contributed by atoms with Crippen molar-refractivity contribution in [2.75, 3.05) is 6.61 Å². The molecule has 32 heavy (non-hydrogen) atoms. The minimum Gasteiger partial charge on any atom is -0.492 e. The number of thioether (sulfide) groups is 1. The van der Waals surface area contributed by atoms with Crippen molar-refractivity contribution in [2.45, 2.75) is 40.3 Å². The predicted molar refractivity (Wildman–Crippen MR) is 134 cm³/mol. The molecule has 0 bridgehead atoms. The SMILES string of the molecule is Cc1ccc(OCCn2cc(/C=C3\SC(=O)N(C(C)C)C3=O)c3cc(Br)ccc32)cc1C.